The van der Waals surface area contributed by atoms with Crippen molar-refractivity contribution in [2.75, 3.05) is 26.4 Å². The quantitative estimate of drug-likeness (QED) is 0.665. The highest BCUT2D eigenvalue weighted by Crippen LogP contribution is 2.31. The summed E-state index contributed by atoms with van der Waals surface area (Å²) in [6.07, 6.45) is -4.83. The van der Waals surface area contributed by atoms with Crippen LogP contribution in [0.5, 0.6) is 0 Å². The molecule has 8 heteroatoms. The molecule has 1 unspecified atom stereocenters. The molecule has 0 rings (SSSR count). The topological polar surface area (TPSA) is 67.8 Å². The first-order valence-electron chi connectivity index (χ1n) is 7.53. The lowest BCUT2D eigenvalue weighted by Crippen LogP contribution is -2.45. The molecule has 23 heavy (non-hydrogen) atoms. The number of aliphatic hydroxyl groups is 1. The first kappa shape index (κ1) is 22.0. The Morgan fingerprint density at radius 3 is 2.17 bits per heavy atom. The molecular formula is C15H28F3NO4. The van der Waals surface area contributed by atoms with Crippen LogP contribution in [0, 0.1) is 11.3 Å². The van der Waals surface area contributed by atoms with E-state index >= 15 is 0 Å². The first-order valence-corrected chi connectivity index (χ1v) is 7.53. The molecular weight excluding hydrogens is 315 g/mol. The maximum atomic E-state index is 12.1. The van der Waals surface area contributed by atoms with Gasteiger partial charge in [0, 0.05) is 18.6 Å². The number of carbonyl (C=O) groups excluding carboxylic acids is 1. The van der Waals surface area contributed by atoms with Gasteiger partial charge in [-0.25, -0.2) is 4.79 Å². The smallest absolute Gasteiger partial charge is 0.411 e. The molecule has 2 N–H and O–H groups in total. The number of carbonyl (C=O) groups is 1. The Morgan fingerprint density at radius 1 is 1.22 bits per heavy atom. The predicted octanol–water partition coefficient (Wildman–Crippen LogP) is 3.11. The van der Waals surface area contributed by atoms with Crippen LogP contribution in [0.25, 0.3) is 0 Å². The van der Waals surface area contributed by atoms with Crippen LogP contribution < -0.4 is 5.32 Å². The molecule has 0 bridgehead atoms. The molecule has 0 fully saturated rings. The lowest BCUT2D eigenvalue weighted by molar-refractivity contribution is -0.176. The van der Waals surface area contributed by atoms with Crippen molar-refractivity contribution in [1.29, 1.82) is 0 Å². The van der Waals surface area contributed by atoms with E-state index in [9.17, 15) is 23.1 Å². The molecule has 0 heterocycles. The van der Waals surface area contributed by atoms with Gasteiger partial charge >= 0.3 is 12.3 Å². The lowest BCUT2D eigenvalue weighted by atomic mass is 9.75. The number of alkyl halides is 3. The third-order valence-corrected chi connectivity index (χ3v) is 3.53. The fourth-order valence-electron chi connectivity index (χ4n) is 1.92. The number of rotatable bonds is 8. The van der Waals surface area contributed by atoms with Crippen LogP contribution in [0.4, 0.5) is 18.0 Å². The minimum atomic E-state index is -4.38. The van der Waals surface area contributed by atoms with E-state index in [-0.39, 0.29) is 32.1 Å². The number of hydrogen-bond acceptors (Lipinski definition) is 4. The van der Waals surface area contributed by atoms with Crippen molar-refractivity contribution in [3.8, 4) is 0 Å². The number of ether oxygens (including phenoxy) is 2. The van der Waals surface area contributed by atoms with E-state index in [4.69, 9.17) is 4.74 Å². The molecule has 0 saturated heterocycles. The molecule has 1 atom stereocenters. The summed E-state index contributed by atoms with van der Waals surface area (Å²) >= 11 is 0. The van der Waals surface area contributed by atoms with Gasteiger partial charge in [-0.1, -0.05) is 13.8 Å². The van der Waals surface area contributed by atoms with Gasteiger partial charge in [0.1, 0.15) is 12.2 Å². The summed E-state index contributed by atoms with van der Waals surface area (Å²) in [5.41, 5.74) is -1.43. The summed E-state index contributed by atoms with van der Waals surface area (Å²) in [6, 6.07) is 0. The van der Waals surface area contributed by atoms with Crippen LogP contribution in [0.2, 0.25) is 0 Å². The van der Waals surface area contributed by atoms with Crippen molar-refractivity contribution in [3.63, 3.8) is 0 Å². The Hall–Kier alpha value is -1.02. The van der Waals surface area contributed by atoms with Gasteiger partial charge in [-0.3, -0.25) is 0 Å². The number of amides is 1. The number of nitrogens with one attached hydrogen (secondary N) is 1. The molecule has 0 aliphatic heterocycles. The number of hydrogen-bond donors (Lipinski definition) is 2. The van der Waals surface area contributed by atoms with Crippen molar-refractivity contribution >= 4 is 6.09 Å². The summed E-state index contributed by atoms with van der Waals surface area (Å²) in [5.74, 6) is -0.0723. The third-order valence-electron chi connectivity index (χ3n) is 3.53. The molecule has 0 aliphatic rings. The molecule has 138 valence electrons. The van der Waals surface area contributed by atoms with E-state index in [0.29, 0.717) is 0 Å². The number of aliphatic hydroxyl groups excluding tert-OH is 1. The minimum Gasteiger partial charge on any atom is -0.444 e. The fraction of sp³-hybridized carbons (Fsp3) is 0.933. The van der Waals surface area contributed by atoms with Crippen LogP contribution >= 0.6 is 0 Å². The second-order valence-electron chi connectivity index (χ2n) is 6.95. The van der Waals surface area contributed by atoms with Gasteiger partial charge in [0.2, 0.25) is 0 Å². The third kappa shape index (κ3) is 9.65. The first-order chi connectivity index (χ1) is 10.3. The average molecular weight is 343 g/mol. The van der Waals surface area contributed by atoms with Crippen molar-refractivity contribution < 1.29 is 32.5 Å². The summed E-state index contributed by atoms with van der Waals surface area (Å²) in [4.78, 5) is 11.7. The van der Waals surface area contributed by atoms with Crippen molar-refractivity contribution in [1.82, 2.24) is 5.32 Å². The fourth-order valence-corrected chi connectivity index (χ4v) is 1.92. The van der Waals surface area contributed by atoms with Crippen LogP contribution in [-0.4, -0.2) is 49.3 Å². The zero-order valence-corrected chi connectivity index (χ0v) is 14.4. The van der Waals surface area contributed by atoms with Gasteiger partial charge in [-0.15, -0.1) is 0 Å². The van der Waals surface area contributed by atoms with Crippen molar-refractivity contribution in [2.45, 2.75) is 52.8 Å². The molecule has 0 aliphatic carbocycles. The maximum Gasteiger partial charge on any atom is 0.411 e. The Morgan fingerprint density at radius 2 is 1.78 bits per heavy atom. The highest BCUT2D eigenvalue weighted by Gasteiger charge is 2.35. The van der Waals surface area contributed by atoms with Crippen LogP contribution in [0.3, 0.4) is 0 Å². The largest absolute Gasteiger partial charge is 0.444 e. The SMILES string of the molecule is CC(C)C(CO)(CCOCC(F)(F)F)CNC(=O)OC(C)(C)C. The standard InChI is InChI=1S/C15H28F3NO4/c1-11(2)14(9-20,6-7-22-10-15(16,17)18)8-19-12(21)23-13(3,4)5/h11,20H,6-10H2,1-5H3,(H,19,21). The Balaban J connectivity index is 4.57. The Kier molecular flexibility index (Phi) is 8.34. The van der Waals surface area contributed by atoms with Crippen LogP contribution in [0.15, 0.2) is 0 Å². The van der Waals surface area contributed by atoms with Gasteiger partial charge in [-0.05, 0) is 33.1 Å². The van der Waals surface area contributed by atoms with Gasteiger partial charge in [-0.2, -0.15) is 13.2 Å². The van der Waals surface area contributed by atoms with Crippen molar-refractivity contribution in [3.05, 3.63) is 0 Å². The Bertz CT molecular complexity index is 367. The maximum absolute atomic E-state index is 12.1. The van der Waals surface area contributed by atoms with E-state index in [2.05, 4.69) is 10.1 Å². The van der Waals surface area contributed by atoms with E-state index in [1.165, 1.54) is 0 Å². The zero-order valence-electron chi connectivity index (χ0n) is 14.4. The monoisotopic (exact) mass is 343 g/mol. The summed E-state index contributed by atoms with van der Waals surface area (Å²) in [5, 5.41) is 12.3. The van der Waals surface area contributed by atoms with E-state index < -0.39 is 29.9 Å². The van der Waals surface area contributed by atoms with Crippen molar-refractivity contribution in [2.24, 2.45) is 11.3 Å². The number of halogens is 3. The number of alkyl carbamates (subject to hydrolysis) is 1. The van der Waals surface area contributed by atoms with Gasteiger partial charge in [0.05, 0.1) is 6.61 Å². The molecule has 0 saturated carbocycles. The van der Waals surface area contributed by atoms with E-state index in [0.717, 1.165) is 0 Å². The Labute approximate surface area is 135 Å². The van der Waals surface area contributed by atoms with Gasteiger partial charge in [0.25, 0.3) is 0 Å². The van der Waals surface area contributed by atoms with Crippen LogP contribution in [-0.2, 0) is 9.47 Å². The van der Waals surface area contributed by atoms with E-state index in [1.54, 1.807) is 20.8 Å². The predicted molar refractivity (Wildman–Crippen MR) is 80.1 cm³/mol. The lowest BCUT2D eigenvalue weighted by Gasteiger charge is -2.36. The molecule has 1 amide bonds. The molecule has 5 nitrogen and oxygen atoms in total. The van der Waals surface area contributed by atoms with Gasteiger partial charge in [0.15, 0.2) is 0 Å². The molecule has 0 aromatic heterocycles. The average Bonchev–Trinajstić information content (AvgIpc) is 2.34. The highest BCUT2D eigenvalue weighted by atomic mass is 19.4. The second-order valence-corrected chi connectivity index (χ2v) is 6.95. The molecule has 0 aromatic carbocycles. The molecule has 0 spiro atoms. The summed E-state index contributed by atoms with van der Waals surface area (Å²) < 4.78 is 46.0. The zero-order chi connectivity index (χ0) is 18.3. The minimum absolute atomic E-state index is 0.0723. The summed E-state index contributed by atoms with van der Waals surface area (Å²) in [7, 11) is 0. The van der Waals surface area contributed by atoms with Crippen LogP contribution in [0.1, 0.15) is 41.0 Å². The summed E-state index contributed by atoms with van der Waals surface area (Å²) in [6.45, 7) is 7.15. The van der Waals surface area contributed by atoms with E-state index in [1.807, 2.05) is 13.8 Å². The highest BCUT2D eigenvalue weighted by molar-refractivity contribution is 5.67. The molecule has 0 aromatic rings. The second kappa shape index (κ2) is 8.73. The molecule has 0 radical (unpaired) electrons. The van der Waals surface area contributed by atoms with Gasteiger partial charge < -0.3 is 19.9 Å². The normalized spacial score (nSPS) is 15.4.